The Morgan fingerprint density at radius 2 is 1.50 bits per heavy atom. The minimum Gasteiger partial charge on any atom is -0.493 e. The van der Waals surface area contributed by atoms with Crippen LogP contribution in [0.4, 0.5) is 0 Å². The fourth-order valence-electron chi connectivity index (χ4n) is 4.32. The van der Waals surface area contributed by atoms with Gasteiger partial charge in [-0.3, -0.25) is 0 Å². The lowest BCUT2D eigenvalue weighted by Crippen LogP contribution is -3.13. The van der Waals surface area contributed by atoms with Gasteiger partial charge >= 0.3 is 0 Å². The third kappa shape index (κ3) is 1.72. The van der Waals surface area contributed by atoms with E-state index in [0.29, 0.717) is 0 Å². The smallest absolute Gasteiger partial charge is 0.161 e. The fraction of sp³-hybridized carbons (Fsp3) is 0.368. The number of methoxy groups -OCH3 is 2. The SMILES string of the molecule is COc1cc2c(cc1OC)CC1(C2)c2ccccc2C[NH+]1C. The Hall–Kier alpha value is -2.00. The summed E-state index contributed by atoms with van der Waals surface area (Å²) < 4.78 is 11.0. The molecule has 0 saturated carbocycles. The van der Waals surface area contributed by atoms with E-state index in [9.17, 15) is 0 Å². The highest BCUT2D eigenvalue weighted by Crippen LogP contribution is 2.43. The van der Waals surface area contributed by atoms with Crippen molar-refractivity contribution < 1.29 is 14.4 Å². The van der Waals surface area contributed by atoms with Gasteiger partial charge in [0.1, 0.15) is 12.1 Å². The molecule has 0 saturated heterocycles. The second kappa shape index (κ2) is 4.75. The van der Waals surface area contributed by atoms with Crippen LogP contribution < -0.4 is 14.4 Å². The van der Waals surface area contributed by atoms with Crippen LogP contribution in [0.2, 0.25) is 0 Å². The normalized spacial score (nSPS) is 20.8. The molecule has 2 aromatic rings. The zero-order valence-corrected chi connectivity index (χ0v) is 13.4. The molecule has 1 aliphatic heterocycles. The molecule has 4 rings (SSSR count). The Labute approximate surface area is 131 Å². The first-order chi connectivity index (χ1) is 10.7. The molecule has 2 aromatic carbocycles. The van der Waals surface area contributed by atoms with Crippen molar-refractivity contribution in [1.82, 2.24) is 0 Å². The van der Waals surface area contributed by atoms with Crippen LogP contribution in [-0.2, 0) is 24.9 Å². The molecule has 0 bridgehead atoms. The molecule has 1 aliphatic carbocycles. The molecular formula is C19H22NO2+. The predicted molar refractivity (Wildman–Crippen MR) is 85.7 cm³/mol. The van der Waals surface area contributed by atoms with Crippen molar-refractivity contribution in [3.63, 3.8) is 0 Å². The minimum atomic E-state index is 0.177. The van der Waals surface area contributed by atoms with Gasteiger partial charge in [-0.05, 0) is 23.3 Å². The van der Waals surface area contributed by atoms with E-state index in [-0.39, 0.29) is 5.54 Å². The number of hydrogen-bond acceptors (Lipinski definition) is 2. The topological polar surface area (TPSA) is 22.9 Å². The summed E-state index contributed by atoms with van der Waals surface area (Å²) in [6, 6.07) is 13.2. The van der Waals surface area contributed by atoms with E-state index < -0.39 is 0 Å². The van der Waals surface area contributed by atoms with Crippen molar-refractivity contribution in [2.24, 2.45) is 0 Å². The molecule has 3 heteroatoms. The maximum atomic E-state index is 5.48. The van der Waals surface area contributed by atoms with Gasteiger partial charge in [-0.2, -0.15) is 0 Å². The van der Waals surface area contributed by atoms with Gasteiger partial charge in [0, 0.05) is 24.0 Å². The van der Waals surface area contributed by atoms with Crippen molar-refractivity contribution in [2.75, 3.05) is 21.3 Å². The Morgan fingerprint density at radius 1 is 0.909 bits per heavy atom. The van der Waals surface area contributed by atoms with E-state index in [1.165, 1.54) is 22.3 Å². The van der Waals surface area contributed by atoms with Gasteiger partial charge < -0.3 is 14.4 Å². The van der Waals surface area contributed by atoms with Gasteiger partial charge in [0.05, 0.1) is 21.3 Å². The summed E-state index contributed by atoms with van der Waals surface area (Å²) in [5.74, 6) is 1.67. The van der Waals surface area contributed by atoms with Crippen molar-refractivity contribution in [3.05, 3.63) is 58.7 Å². The third-order valence-electron chi connectivity index (χ3n) is 5.50. The Morgan fingerprint density at radius 3 is 2.09 bits per heavy atom. The average molecular weight is 296 g/mol. The van der Waals surface area contributed by atoms with Gasteiger partial charge in [0.25, 0.3) is 0 Å². The molecule has 3 nitrogen and oxygen atoms in total. The average Bonchev–Trinajstić information content (AvgIpc) is 3.04. The number of likely N-dealkylation sites (N-methyl/N-ethyl adjacent to an activating group) is 1. The Kier molecular flexibility index (Phi) is 2.95. The van der Waals surface area contributed by atoms with E-state index in [0.717, 1.165) is 30.9 Å². The van der Waals surface area contributed by atoms with Crippen molar-refractivity contribution >= 4 is 0 Å². The largest absolute Gasteiger partial charge is 0.493 e. The van der Waals surface area contributed by atoms with Crippen LogP contribution in [0.25, 0.3) is 0 Å². The van der Waals surface area contributed by atoms with Crippen LogP contribution in [0.3, 0.4) is 0 Å². The summed E-state index contributed by atoms with van der Waals surface area (Å²) >= 11 is 0. The van der Waals surface area contributed by atoms with Crippen molar-refractivity contribution in [2.45, 2.75) is 24.9 Å². The molecule has 1 spiro atoms. The van der Waals surface area contributed by atoms with Crippen LogP contribution in [0, 0.1) is 0 Å². The highest BCUT2D eigenvalue weighted by molar-refractivity contribution is 5.52. The number of ether oxygens (including phenoxy) is 2. The quantitative estimate of drug-likeness (QED) is 0.912. The predicted octanol–water partition coefficient (Wildman–Crippen LogP) is 1.73. The first-order valence-corrected chi connectivity index (χ1v) is 7.83. The van der Waals surface area contributed by atoms with Gasteiger partial charge in [0.15, 0.2) is 11.5 Å². The summed E-state index contributed by atoms with van der Waals surface area (Å²) in [5.41, 5.74) is 5.98. The number of rotatable bonds is 2. The summed E-state index contributed by atoms with van der Waals surface area (Å²) in [6.07, 6.45) is 2.15. The van der Waals surface area contributed by atoms with Gasteiger partial charge in [-0.1, -0.05) is 24.3 Å². The van der Waals surface area contributed by atoms with Crippen LogP contribution in [0.5, 0.6) is 11.5 Å². The fourth-order valence-corrected chi connectivity index (χ4v) is 4.32. The van der Waals surface area contributed by atoms with Crippen LogP contribution >= 0.6 is 0 Å². The Balaban J connectivity index is 1.82. The number of hydrogen-bond donors (Lipinski definition) is 1. The summed E-state index contributed by atoms with van der Waals surface area (Å²) in [6.45, 7) is 1.11. The molecule has 0 aromatic heterocycles. The number of quaternary nitrogens is 1. The Bertz CT molecular complexity index is 705. The molecule has 0 fully saturated rings. The third-order valence-corrected chi connectivity index (χ3v) is 5.50. The number of fused-ring (bicyclic) bond motifs is 3. The molecule has 0 amide bonds. The molecule has 1 heterocycles. The molecule has 114 valence electrons. The maximum absolute atomic E-state index is 5.48. The van der Waals surface area contributed by atoms with Crippen LogP contribution in [-0.4, -0.2) is 21.3 Å². The molecule has 0 radical (unpaired) electrons. The lowest BCUT2D eigenvalue weighted by atomic mass is 9.87. The highest BCUT2D eigenvalue weighted by Gasteiger charge is 2.51. The highest BCUT2D eigenvalue weighted by atomic mass is 16.5. The first-order valence-electron chi connectivity index (χ1n) is 7.83. The molecule has 1 N–H and O–H groups in total. The van der Waals surface area contributed by atoms with Crippen molar-refractivity contribution in [3.8, 4) is 11.5 Å². The van der Waals surface area contributed by atoms with E-state index in [4.69, 9.17) is 9.47 Å². The number of nitrogens with one attached hydrogen (secondary N) is 1. The lowest BCUT2D eigenvalue weighted by Gasteiger charge is -2.29. The van der Waals surface area contributed by atoms with Gasteiger partial charge in [0.2, 0.25) is 0 Å². The second-order valence-electron chi connectivity index (χ2n) is 6.53. The second-order valence-corrected chi connectivity index (χ2v) is 6.53. The molecular weight excluding hydrogens is 274 g/mol. The van der Waals surface area contributed by atoms with Gasteiger partial charge in [-0.25, -0.2) is 0 Å². The molecule has 1 unspecified atom stereocenters. The zero-order chi connectivity index (χ0) is 15.3. The first kappa shape index (κ1) is 13.6. The zero-order valence-electron chi connectivity index (χ0n) is 13.4. The van der Waals surface area contributed by atoms with E-state index in [2.05, 4.69) is 43.4 Å². The maximum Gasteiger partial charge on any atom is 0.161 e. The van der Waals surface area contributed by atoms with E-state index >= 15 is 0 Å². The monoisotopic (exact) mass is 296 g/mol. The minimum absolute atomic E-state index is 0.177. The summed E-state index contributed by atoms with van der Waals surface area (Å²) in [7, 11) is 5.73. The van der Waals surface area contributed by atoms with Crippen molar-refractivity contribution in [1.29, 1.82) is 0 Å². The van der Waals surface area contributed by atoms with E-state index in [1.54, 1.807) is 19.1 Å². The van der Waals surface area contributed by atoms with Gasteiger partial charge in [-0.15, -0.1) is 0 Å². The standard InChI is InChI=1S/C19H21NO2/c1-20-12-13-6-4-5-7-16(13)19(20)10-14-8-17(21-2)18(22-3)9-15(14)11-19/h4-9H,10-12H2,1-3H3/p+1. The molecule has 2 aliphatic rings. The number of benzene rings is 2. The lowest BCUT2D eigenvalue weighted by molar-refractivity contribution is -0.947. The van der Waals surface area contributed by atoms with E-state index in [1.807, 2.05) is 0 Å². The van der Waals surface area contributed by atoms with Crippen LogP contribution in [0.15, 0.2) is 36.4 Å². The molecule has 22 heavy (non-hydrogen) atoms. The molecule has 1 atom stereocenters. The summed E-state index contributed by atoms with van der Waals surface area (Å²) in [5, 5.41) is 0. The summed E-state index contributed by atoms with van der Waals surface area (Å²) in [4.78, 5) is 1.59. The van der Waals surface area contributed by atoms with Crippen LogP contribution in [0.1, 0.15) is 22.3 Å².